The average Bonchev–Trinajstić information content (AvgIpc) is 2.18. The molecule has 2 nitrogen and oxygen atoms in total. The average molecular weight is 212 g/mol. The van der Waals surface area contributed by atoms with Gasteiger partial charge in [0.25, 0.3) is 0 Å². The van der Waals surface area contributed by atoms with Crippen molar-refractivity contribution in [2.24, 2.45) is 16.2 Å². The maximum atomic E-state index is 8.68. The first-order valence-corrected chi connectivity index (χ1v) is 5.57. The molecule has 0 aromatic rings. The van der Waals surface area contributed by atoms with Gasteiger partial charge in [-0.15, -0.1) is 0 Å². The van der Waals surface area contributed by atoms with Crippen LogP contribution in [0.3, 0.4) is 0 Å². The number of hydrogen-bond acceptors (Lipinski definition) is 2. The molecule has 0 unspecified atom stereocenters. The molecular weight excluding hydrogens is 188 g/mol. The van der Waals surface area contributed by atoms with Crippen LogP contribution in [0.5, 0.6) is 0 Å². The summed E-state index contributed by atoms with van der Waals surface area (Å²) < 4.78 is 0. The van der Waals surface area contributed by atoms with Crippen molar-refractivity contribution in [2.75, 3.05) is 6.61 Å². The van der Waals surface area contributed by atoms with Crippen LogP contribution in [-0.4, -0.2) is 11.9 Å². The van der Waals surface area contributed by atoms with Gasteiger partial charge in [-0.1, -0.05) is 47.1 Å². The van der Waals surface area contributed by atoms with Crippen LogP contribution in [0.1, 0.15) is 48.5 Å². The third-order valence-corrected chi connectivity index (χ3v) is 5.48. The van der Waals surface area contributed by atoms with E-state index < -0.39 is 0 Å². The normalized spacial score (nSPS) is 27.2. The van der Waals surface area contributed by atoms with Crippen molar-refractivity contribution in [3.63, 3.8) is 0 Å². The molecule has 1 aliphatic carbocycles. The maximum absolute atomic E-state index is 8.68. The summed E-state index contributed by atoms with van der Waals surface area (Å²) in [5, 5.41) is 8.68. The molecule has 1 N–H and O–H groups in total. The van der Waals surface area contributed by atoms with Crippen molar-refractivity contribution in [2.45, 2.75) is 48.5 Å². The van der Waals surface area contributed by atoms with Crippen molar-refractivity contribution in [1.82, 2.24) is 0 Å². The van der Waals surface area contributed by atoms with E-state index in [1.54, 1.807) is 0 Å². The Kier molecular flexibility index (Phi) is 2.82. The van der Waals surface area contributed by atoms with Gasteiger partial charge in [0.15, 0.2) is 0 Å². The summed E-state index contributed by atoms with van der Waals surface area (Å²) in [5.41, 5.74) is 2.96. The Morgan fingerprint density at radius 3 is 1.73 bits per heavy atom. The van der Waals surface area contributed by atoms with Crippen molar-refractivity contribution < 1.29 is 10.1 Å². The van der Waals surface area contributed by atoms with Gasteiger partial charge in [-0.25, -0.2) is 4.89 Å². The lowest BCUT2D eigenvalue weighted by molar-refractivity contribution is -0.236. The predicted molar refractivity (Wildman–Crippen MR) is 62.6 cm³/mol. The minimum absolute atomic E-state index is 0.0588. The molecule has 0 aromatic carbocycles. The molecule has 0 saturated heterocycles. The molecule has 0 fully saturated rings. The fraction of sp³-hybridized carbons (Fsp3) is 0.846. The van der Waals surface area contributed by atoms with Crippen LogP contribution in [0.15, 0.2) is 11.1 Å². The fourth-order valence-electron chi connectivity index (χ4n) is 2.83. The Hall–Kier alpha value is -0.340. The Morgan fingerprint density at radius 2 is 1.47 bits per heavy atom. The van der Waals surface area contributed by atoms with Crippen molar-refractivity contribution >= 4 is 0 Å². The summed E-state index contributed by atoms with van der Waals surface area (Å²) in [6.45, 7) is 16.1. The van der Waals surface area contributed by atoms with Crippen molar-refractivity contribution in [3.05, 3.63) is 11.1 Å². The SMILES string of the molecule is CC1=C(COO)C(C)(C)C(C)(C)C1(C)C. The van der Waals surface area contributed by atoms with Crippen LogP contribution in [0, 0.1) is 16.2 Å². The van der Waals surface area contributed by atoms with E-state index in [1.807, 2.05) is 0 Å². The summed E-state index contributed by atoms with van der Waals surface area (Å²) in [4.78, 5) is 4.36. The van der Waals surface area contributed by atoms with Gasteiger partial charge in [0.2, 0.25) is 0 Å². The van der Waals surface area contributed by atoms with Gasteiger partial charge >= 0.3 is 0 Å². The number of rotatable bonds is 2. The highest BCUT2D eigenvalue weighted by atomic mass is 17.1. The lowest BCUT2D eigenvalue weighted by Crippen LogP contribution is -2.39. The molecule has 0 spiro atoms. The highest BCUT2D eigenvalue weighted by Gasteiger charge is 2.56. The molecule has 1 rings (SSSR count). The van der Waals surface area contributed by atoms with Crippen LogP contribution in [0.25, 0.3) is 0 Å². The summed E-state index contributed by atoms with van der Waals surface area (Å²) in [7, 11) is 0. The maximum Gasteiger partial charge on any atom is 0.104 e. The second-order valence-corrected chi connectivity index (χ2v) is 6.25. The first-order valence-electron chi connectivity index (χ1n) is 5.57. The summed E-state index contributed by atoms with van der Waals surface area (Å²) in [5.74, 6) is 0. The van der Waals surface area contributed by atoms with E-state index in [1.165, 1.54) is 11.1 Å². The zero-order valence-corrected chi connectivity index (χ0v) is 11.1. The molecule has 2 heteroatoms. The molecule has 1 aliphatic rings. The molecule has 0 atom stereocenters. The van der Waals surface area contributed by atoms with Crippen molar-refractivity contribution in [3.8, 4) is 0 Å². The molecule has 0 amide bonds. The molecule has 0 heterocycles. The molecule has 0 saturated carbocycles. The van der Waals surface area contributed by atoms with Gasteiger partial charge in [-0.05, 0) is 28.7 Å². The predicted octanol–water partition coefficient (Wildman–Crippen LogP) is 3.88. The lowest BCUT2D eigenvalue weighted by atomic mass is 9.58. The number of hydrogen-bond donors (Lipinski definition) is 1. The van der Waals surface area contributed by atoms with Gasteiger partial charge in [-0.3, -0.25) is 5.26 Å². The Labute approximate surface area is 93.3 Å². The van der Waals surface area contributed by atoms with Crippen LogP contribution in [0.2, 0.25) is 0 Å². The van der Waals surface area contributed by atoms with E-state index in [0.29, 0.717) is 6.61 Å². The van der Waals surface area contributed by atoms with Crippen LogP contribution in [-0.2, 0) is 4.89 Å². The minimum atomic E-state index is 0.0588. The van der Waals surface area contributed by atoms with E-state index in [9.17, 15) is 0 Å². The van der Waals surface area contributed by atoms with E-state index in [4.69, 9.17) is 5.26 Å². The minimum Gasteiger partial charge on any atom is -0.251 e. The quantitative estimate of drug-likeness (QED) is 0.427. The molecule has 0 aromatic heterocycles. The molecule has 15 heavy (non-hydrogen) atoms. The van der Waals surface area contributed by atoms with Crippen molar-refractivity contribution in [1.29, 1.82) is 0 Å². The molecule has 0 aliphatic heterocycles. The third-order valence-electron chi connectivity index (χ3n) is 5.48. The van der Waals surface area contributed by atoms with E-state index in [2.05, 4.69) is 53.4 Å². The smallest absolute Gasteiger partial charge is 0.104 e. The standard InChI is InChI=1S/C13H24O2/c1-9-10(8-15-14)12(4,5)13(6,7)11(9,2)3/h14H,8H2,1-7H3. The van der Waals surface area contributed by atoms with Gasteiger partial charge in [0.05, 0.1) is 0 Å². The first-order chi connectivity index (χ1) is 6.60. The monoisotopic (exact) mass is 212 g/mol. The van der Waals surface area contributed by atoms with Gasteiger partial charge in [0.1, 0.15) is 6.61 Å². The van der Waals surface area contributed by atoms with Crippen LogP contribution in [0.4, 0.5) is 0 Å². The zero-order chi connectivity index (χ0) is 12.1. The first kappa shape index (κ1) is 12.7. The topological polar surface area (TPSA) is 29.5 Å². The second kappa shape index (κ2) is 3.33. The van der Waals surface area contributed by atoms with E-state index in [0.717, 1.165) is 0 Å². The number of allylic oxidation sites excluding steroid dienone is 1. The van der Waals surface area contributed by atoms with E-state index >= 15 is 0 Å². The fourth-order valence-corrected chi connectivity index (χ4v) is 2.83. The van der Waals surface area contributed by atoms with Gasteiger partial charge in [0, 0.05) is 0 Å². The summed E-state index contributed by atoms with van der Waals surface area (Å²) in [6.07, 6.45) is 0. The lowest BCUT2D eigenvalue weighted by Gasteiger charge is -2.46. The molecule has 88 valence electrons. The van der Waals surface area contributed by atoms with Crippen LogP contribution < -0.4 is 0 Å². The Morgan fingerprint density at radius 1 is 1.00 bits per heavy atom. The zero-order valence-electron chi connectivity index (χ0n) is 11.1. The Bertz CT molecular complexity index is 296. The second-order valence-electron chi connectivity index (χ2n) is 6.25. The molecule has 0 bridgehead atoms. The highest BCUT2D eigenvalue weighted by Crippen LogP contribution is 2.64. The van der Waals surface area contributed by atoms with E-state index in [-0.39, 0.29) is 16.2 Å². The highest BCUT2D eigenvalue weighted by molar-refractivity contribution is 5.37. The van der Waals surface area contributed by atoms with Crippen LogP contribution >= 0.6 is 0 Å². The Balaban J connectivity index is 3.31. The largest absolute Gasteiger partial charge is 0.251 e. The summed E-state index contributed by atoms with van der Waals surface area (Å²) in [6, 6.07) is 0. The van der Waals surface area contributed by atoms with Gasteiger partial charge < -0.3 is 0 Å². The molecule has 0 radical (unpaired) electrons. The van der Waals surface area contributed by atoms with Gasteiger partial charge in [-0.2, -0.15) is 0 Å². The third kappa shape index (κ3) is 1.38. The summed E-state index contributed by atoms with van der Waals surface area (Å²) >= 11 is 0. The molecular formula is C13H24O2.